The second kappa shape index (κ2) is 43.0. The number of carbonyl (C=O) groups excluding carboxylic acids is 3. The molecule has 6 heteroatoms. The molecule has 0 aromatic rings. The Bertz CT molecular complexity index is 854. The maximum atomic E-state index is 12.7. The van der Waals surface area contributed by atoms with Crippen molar-refractivity contribution in [1.82, 2.24) is 0 Å². The number of hydrogen-bond donors (Lipinski definition) is 0. The first-order chi connectivity index (χ1) is 27.2. The molecule has 0 fully saturated rings. The predicted molar refractivity (Wildman–Crippen MR) is 238 cm³/mol. The van der Waals surface area contributed by atoms with E-state index < -0.39 is 6.10 Å². The molecular formula is C50H96O6. The van der Waals surface area contributed by atoms with Crippen molar-refractivity contribution in [2.24, 2.45) is 11.8 Å². The second-order valence-corrected chi connectivity index (χ2v) is 18.1. The summed E-state index contributed by atoms with van der Waals surface area (Å²) in [5.74, 6) is 0.777. The van der Waals surface area contributed by atoms with Gasteiger partial charge in [0.2, 0.25) is 0 Å². The van der Waals surface area contributed by atoms with Gasteiger partial charge in [0.05, 0.1) is 0 Å². The Labute approximate surface area is 348 Å². The highest BCUT2D eigenvalue weighted by Gasteiger charge is 2.19. The first kappa shape index (κ1) is 54.4. The van der Waals surface area contributed by atoms with Crippen LogP contribution in [0.25, 0.3) is 0 Å². The highest BCUT2D eigenvalue weighted by Crippen LogP contribution is 2.17. The fourth-order valence-electron chi connectivity index (χ4n) is 7.46. The van der Waals surface area contributed by atoms with Crippen LogP contribution in [0.1, 0.15) is 272 Å². The van der Waals surface area contributed by atoms with Gasteiger partial charge in [-0.3, -0.25) is 14.4 Å². The average Bonchev–Trinajstić information content (AvgIpc) is 3.16. The van der Waals surface area contributed by atoms with Gasteiger partial charge in [-0.05, 0) is 31.1 Å². The van der Waals surface area contributed by atoms with E-state index >= 15 is 0 Å². The lowest BCUT2D eigenvalue weighted by Crippen LogP contribution is -2.30. The number of ether oxygens (including phenoxy) is 3. The van der Waals surface area contributed by atoms with E-state index in [0.717, 1.165) is 69.6 Å². The Kier molecular flexibility index (Phi) is 41.8. The van der Waals surface area contributed by atoms with Gasteiger partial charge >= 0.3 is 17.9 Å². The van der Waals surface area contributed by atoms with Gasteiger partial charge in [-0.1, -0.05) is 234 Å². The first-order valence-corrected chi connectivity index (χ1v) is 24.7. The predicted octanol–water partition coefficient (Wildman–Crippen LogP) is 15.8. The lowest BCUT2D eigenvalue weighted by molar-refractivity contribution is -0.167. The van der Waals surface area contributed by atoms with Crippen molar-refractivity contribution in [3.63, 3.8) is 0 Å². The lowest BCUT2D eigenvalue weighted by Gasteiger charge is -2.18. The van der Waals surface area contributed by atoms with Gasteiger partial charge in [-0.25, -0.2) is 0 Å². The minimum atomic E-state index is -0.761. The average molecular weight is 793 g/mol. The van der Waals surface area contributed by atoms with Crippen molar-refractivity contribution in [2.75, 3.05) is 13.2 Å². The highest BCUT2D eigenvalue weighted by atomic mass is 16.6. The summed E-state index contributed by atoms with van der Waals surface area (Å²) in [6.45, 7) is 11.3. The second-order valence-electron chi connectivity index (χ2n) is 18.1. The van der Waals surface area contributed by atoms with Crippen molar-refractivity contribution >= 4 is 17.9 Å². The fraction of sp³-hybridized carbons (Fsp3) is 0.940. The number of carbonyl (C=O) groups is 3. The molecule has 0 heterocycles. The summed E-state index contributed by atoms with van der Waals surface area (Å²) in [6, 6.07) is 0. The topological polar surface area (TPSA) is 78.9 Å². The molecule has 1 atom stereocenters. The van der Waals surface area contributed by atoms with Crippen LogP contribution in [0.15, 0.2) is 0 Å². The molecule has 0 bridgehead atoms. The molecule has 0 amide bonds. The highest BCUT2D eigenvalue weighted by molar-refractivity contribution is 5.71. The van der Waals surface area contributed by atoms with Crippen LogP contribution in [-0.2, 0) is 28.6 Å². The molecule has 0 unspecified atom stereocenters. The summed E-state index contributed by atoms with van der Waals surface area (Å²) in [5.41, 5.74) is 0. The summed E-state index contributed by atoms with van der Waals surface area (Å²) in [5, 5.41) is 0. The summed E-state index contributed by atoms with van der Waals surface area (Å²) in [7, 11) is 0. The number of unbranched alkanes of at least 4 members (excludes halogenated alkanes) is 29. The Morgan fingerprint density at radius 1 is 0.339 bits per heavy atom. The number of hydrogen-bond acceptors (Lipinski definition) is 6. The van der Waals surface area contributed by atoms with Crippen LogP contribution in [0, 0.1) is 11.8 Å². The third-order valence-electron chi connectivity index (χ3n) is 11.2. The normalized spacial score (nSPS) is 12.1. The fourth-order valence-corrected chi connectivity index (χ4v) is 7.46. The molecule has 0 saturated heterocycles. The van der Waals surface area contributed by atoms with Crippen molar-refractivity contribution < 1.29 is 28.6 Å². The zero-order valence-electron chi connectivity index (χ0n) is 38.3. The van der Waals surface area contributed by atoms with Gasteiger partial charge in [0, 0.05) is 19.3 Å². The molecule has 332 valence electrons. The molecule has 0 spiro atoms. The SMILES string of the molecule is CCCCCCCCCCCCCCC(=O)O[C@@H](COC(=O)CCCCCCCCCCCCCCC(C)C)COC(=O)CCCCCCCCCCC(C)C. The van der Waals surface area contributed by atoms with Crippen LogP contribution in [0.5, 0.6) is 0 Å². The van der Waals surface area contributed by atoms with E-state index in [1.807, 2.05) is 0 Å². The summed E-state index contributed by atoms with van der Waals surface area (Å²) < 4.78 is 16.8. The van der Waals surface area contributed by atoms with E-state index in [9.17, 15) is 14.4 Å². The van der Waals surface area contributed by atoms with Crippen molar-refractivity contribution in [3.8, 4) is 0 Å². The molecule has 0 aliphatic rings. The van der Waals surface area contributed by atoms with Crippen molar-refractivity contribution in [2.45, 2.75) is 278 Å². The van der Waals surface area contributed by atoms with Crippen LogP contribution in [0.4, 0.5) is 0 Å². The van der Waals surface area contributed by atoms with E-state index in [-0.39, 0.29) is 31.1 Å². The van der Waals surface area contributed by atoms with Crippen LogP contribution in [-0.4, -0.2) is 37.2 Å². The van der Waals surface area contributed by atoms with Crippen molar-refractivity contribution in [3.05, 3.63) is 0 Å². The van der Waals surface area contributed by atoms with E-state index in [0.29, 0.717) is 19.3 Å². The van der Waals surface area contributed by atoms with E-state index in [4.69, 9.17) is 14.2 Å². The quantitative estimate of drug-likeness (QED) is 0.0347. The third kappa shape index (κ3) is 43.5. The van der Waals surface area contributed by atoms with Gasteiger partial charge in [0.1, 0.15) is 13.2 Å². The van der Waals surface area contributed by atoms with E-state index in [1.54, 1.807) is 0 Å². The molecule has 56 heavy (non-hydrogen) atoms. The Hall–Kier alpha value is -1.59. The van der Waals surface area contributed by atoms with E-state index in [1.165, 1.54) is 161 Å². The number of rotatable bonds is 44. The monoisotopic (exact) mass is 793 g/mol. The molecule has 0 rings (SSSR count). The lowest BCUT2D eigenvalue weighted by atomic mass is 10.0. The first-order valence-electron chi connectivity index (χ1n) is 24.7. The zero-order chi connectivity index (χ0) is 41.2. The molecule has 0 aromatic heterocycles. The maximum absolute atomic E-state index is 12.7. The Balaban J connectivity index is 4.31. The number of esters is 3. The third-order valence-corrected chi connectivity index (χ3v) is 11.2. The summed E-state index contributed by atoms with van der Waals surface area (Å²) >= 11 is 0. The van der Waals surface area contributed by atoms with Crippen LogP contribution in [0.3, 0.4) is 0 Å². The molecule has 0 N–H and O–H groups in total. The zero-order valence-corrected chi connectivity index (χ0v) is 38.3. The molecule has 0 radical (unpaired) electrons. The van der Waals surface area contributed by atoms with Gasteiger partial charge in [0.25, 0.3) is 0 Å². The summed E-state index contributed by atoms with van der Waals surface area (Å²) in [4.78, 5) is 37.8. The maximum Gasteiger partial charge on any atom is 0.306 e. The Morgan fingerprint density at radius 2 is 0.589 bits per heavy atom. The van der Waals surface area contributed by atoms with Crippen LogP contribution >= 0.6 is 0 Å². The minimum Gasteiger partial charge on any atom is -0.462 e. The molecular weight excluding hydrogens is 697 g/mol. The standard InChI is InChI=1S/C50H96O6/c1-6-7-8-9-10-11-12-16-20-27-32-37-42-50(53)56-47(44-55-49(52)41-36-31-26-22-21-24-29-34-39-46(4)5)43-54-48(51)40-35-30-25-19-17-14-13-15-18-23-28-33-38-45(2)3/h45-47H,6-44H2,1-5H3/t47-/m0/s1. The summed E-state index contributed by atoms with van der Waals surface area (Å²) in [6.07, 6.45) is 42.3. The van der Waals surface area contributed by atoms with Gasteiger partial charge < -0.3 is 14.2 Å². The molecule has 0 aromatic carbocycles. The molecule has 6 nitrogen and oxygen atoms in total. The van der Waals surface area contributed by atoms with Crippen molar-refractivity contribution in [1.29, 1.82) is 0 Å². The smallest absolute Gasteiger partial charge is 0.306 e. The molecule has 0 saturated carbocycles. The molecule has 0 aliphatic heterocycles. The largest absolute Gasteiger partial charge is 0.462 e. The minimum absolute atomic E-state index is 0.0643. The van der Waals surface area contributed by atoms with Gasteiger partial charge in [-0.15, -0.1) is 0 Å². The van der Waals surface area contributed by atoms with E-state index in [2.05, 4.69) is 34.6 Å². The molecule has 0 aliphatic carbocycles. The van der Waals surface area contributed by atoms with Crippen LogP contribution < -0.4 is 0 Å². The Morgan fingerprint density at radius 3 is 0.875 bits per heavy atom. The van der Waals surface area contributed by atoms with Gasteiger partial charge in [0.15, 0.2) is 6.10 Å². The van der Waals surface area contributed by atoms with Crippen LogP contribution in [0.2, 0.25) is 0 Å². The van der Waals surface area contributed by atoms with Gasteiger partial charge in [-0.2, -0.15) is 0 Å².